The third-order valence-corrected chi connectivity index (χ3v) is 4.67. The van der Waals surface area contributed by atoms with Crippen LogP contribution in [0.2, 0.25) is 0 Å². The van der Waals surface area contributed by atoms with Gasteiger partial charge in [-0.05, 0) is 34.8 Å². The average molecular weight is 290 g/mol. The van der Waals surface area contributed by atoms with E-state index >= 15 is 0 Å². The van der Waals surface area contributed by atoms with Crippen LogP contribution in [0.4, 0.5) is 0 Å². The number of hydrogen-bond acceptors (Lipinski definition) is 2. The van der Waals surface area contributed by atoms with Crippen LogP contribution in [-0.2, 0) is 6.54 Å². The molecule has 3 heteroatoms. The van der Waals surface area contributed by atoms with Crippen LogP contribution in [0.25, 0.3) is 0 Å². The summed E-state index contributed by atoms with van der Waals surface area (Å²) in [6, 6.07) is 2.80. The van der Waals surface area contributed by atoms with Crippen LogP contribution in [0, 0.1) is 5.92 Å². The standard InChI is InChI=1S/C12H20BrNS/c1-4-10(5-2)9(3)14-7-12-6-11(13)8-15-12/h6,8-10,14H,4-5,7H2,1-3H3. The Morgan fingerprint density at radius 3 is 2.53 bits per heavy atom. The first-order valence-electron chi connectivity index (χ1n) is 5.63. The minimum absolute atomic E-state index is 0.612. The fraction of sp³-hybridized carbons (Fsp3) is 0.667. The summed E-state index contributed by atoms with van der Waals surface area (Å²) in [6.07, 6.45) is 2.53. The molecule has 0 amide bonds. The van der Waals surface area contributed by atoms with Crippen LogP contribution in [0.3, 0.4) is 0 Å². The Kier molecular flexibility index (Phi) is 5.87. The lowest BCUT2D eigenvalue weighted by atomic mass is 9.95. The molecular weight excluding hydrogens is 270 g/mol. The molecule has 0 aliphatic heterocycles. The van der Waals surface area contributed by atoms with Crippen molar-refractivity contribution in [2.75, 3.05) is 0 Å². The minimum Gasteiger partial charge on any atom is -0.309 e. The molecule has 0 aliphatic carbocycles. The first-order chi connectivity index (χ1) is 7.17. The van der Waals surface area contributed by atoms with Gasteiger partial charge in [0, 0.05) is 27.3 Å². The highest BCUT2D eigenvalue weighted by Crippen LogP contribution is 2.20. The van der Waals surface area contributed by atoms with Crippen LogP contribution >= 0.6 is 27.3 Å². The fourth-order valence-corrected chi connectivity index (χ4v) is 3.27. The molecule has 1 atom stereocenters. The van der Waals surface area contributed by atoms with Crippen molar-refractivity contribution in [2.45, 2.75) is 46.2 Å². The van der Waals surface area contributed by atoms with Gasteiger partial charge in [0.15, 0.2) is 0 Å². The number of hydrogen-bond donors (Lipinski definition) is 1. The molecule has 1 nitrogen and oxygen atoms in total. The molecule has 0 bridgehead atoms. The van der Waals surface area contributed by atoms with Gasteiger partial charge in [-0.3, -0.25) is 0 Å². The molecule has 15 heavy (non-hydrogen) atoms. The van der Waals surface area contributed by atoms with Crippen LogP contribution in [0.15, 0.2) is 15.9 Å². The zero-order valence-corrected chi connectivity index (χ0v) is 12.1. The van der Waals surface area contributed by atoms with Crippen molar-refractivity contribution in [3.05, 3.63) is 20.8 Å². The highest BCUT2D eigenvalue weighted by Gasteiger charge is 2.12. The van der Waals surface area contributed by atoms with Crippen LogP contribution < -0.4 is 5.32 Å². The van der Waals surface area contributed by atoms with Gasteiger partial charge in [0.2, 0.25) is 0 Å². The summed E-state index contributed by atoms with van der Waals surface area (Å²) in [4.78, 5) is 1.40. The predicted octanol–water partition coefficient (Wildman–Crippen LogP) is 4.42. The van der Waals surface area contributed by atoms with Crippen LogP contribution in [0.1, 0.15) is 38.5 Å². The fourth-order valence-electron chi connectivity index (χ4n) is 1.87. The molecule has 1 aromatic heterocycles. The van der Waals surface area contributed by atoms with Crippen molar-refractivity contribution in [1.29, 1.82) is 0 Å². The molecule has 0 spiro atoms. The largest absolute Gasteiger partial charge is 0.309 e. The van der Waals surface area contributed by atoms with Crippen LogP contribution in [0.5, 0.6) is 0 Å². The van der Waals surface area contributed by atoms with Gasteiger partial charge in [-0.25, -0.2) is 0 Å². The molecule has 0 fully saturated rings. The number of thiophene rings is 1. The highest BCUT2D eigenvalue weighted by atomic mass is 79.9. The third kappa shape index (κ3) is 4.25. The van der Waals surface area contributed by atoms with Crippen molar-refractivity contribution in [1.82, 2.24) is 5.32 Å². The van der Waals surface area contributed by atoms with Crippen molar-refractivity contribution < 1.29 is 0 Å². The second kappa shape index (κ2) is 6.66. The Morgan fingerprint density at radius 2 is 2.07 bits per heavy atom. The van der Waals surface area contributed by atoms with E-state index in [1.807, 2.05) is 11.3 Å². The summed E-state index contributed by atoms with van der Waals surface area (Å²) in [5.74, 6) is 0.799. The van der Waals surface area contributed by atoms with Crippen molar-refractivity contribution >= 4 is 27.3 Å². The molecule has 1 rings (SSSR count). The lowest BCUT2D eigenvalue weighted by Crippen LogP contribution is -2.32. The quantitative estimate of drug-likeness (QED) is 0.817. The van der Waals surface area contributed by atoms with Gasteiger partial charge in [0.05, 0.1) is 0 Å². The molecule has 0 aliphatic rings. The first-order valence-corrected chi connectivity index (χ1v) is 7.30. The van der Waals surface area contributed by atoms with E-state index in [-0.39, 0.29) is 0 Å². The maximum absolute atomic E-state index is 3.60. The van der Waals surface area contributed by atoms with Gasteiger partial charge in [0.1, 0.15) is 0 Å². The molecule has 1 N–H and O–H groups in total. The summed E-state index contributed by atoms with van der Waals surface area (Å²) < 4.78 is 1.19. The summed E-state index contributed by atoms with van der Waals surface area (Å²) in [7, 11) is 0. The van der Waals surface area contributed by atoms with E-state index in [0.29, 0.717) is 6.04 Å². The zero-order chi connectivity index (χ0) is 11.3. The normalized spacial score (nSPS) is 13.4. The highest BCUT2D eigenvalue weighted by molar-refractivity contribution is 9.10. The monoisotopic (exact) mass is 289 g/mol. The second-order valence-electron chi connectivity index (χ2n) is 3.98. The van der Waals surface area contributed by atoms with Gasteiger partial charge < -0.3 is 5.32 Å². The van der Waals surface area contributed by atoms with E-state index in [4.69, 9.17) is 0 Å². The van der Waals surface area contributed by atoms with E-state index in [2.05, 4.69) is 53.5 Å². The Labute approximate surface area is 105 Å². The lowest BCUT2D eigenvalue weighted by molar-refractivity contribution is 0.354. The molecule has 0 radical (unpaired) electrons. The van der Waals surface area contributed by atoms with Gasteiger partial charge >= 0.3 is 0 Å². The third-order valence-electron chi connectivity index (χ3n) is 2.98. The van der Waals surface area contributed by atoms with Gasteiger partial charge in [0.25, 0.3) is 0 Å². The SMILES string of the molecule is CCC(CC)C(C)NCc1cc(Br)cs1. The molecule has 86 valence electrons. The van der Waals surface area contributed by atoms with E-state index < -0.39 is 0 Å². The van der Waals surface area contributed by atoms with Crippen molar-refractivity contribution in [3.8, 4) is 0 Å². The molecule has 0 saturated carbocycles. The van der Waals surface area contributed by atoms with E-state index in [1.54, 1.807) is 0 Å². The summed E-state index contributed by atoms with van der Waals surface area (Å²) >= 11 is 5.29. The number of rotatable bonds is 6. The van der Waals surface area contributed by atoms with Crippen molar-refractivity contribution in [2.24, 2.45) is 5.92 Å². The Bertz CT molecular complexity index is 281. The molecule has 1 heterocycles. The summed E-state index contributed by atoms with van der Waals surface area (Å²) in [5.41, 5.74) is 0. The minimum atomic E-state index is 0.612. The lowest BCUT2D eigenvalue weighted by Gasteiger charge is -2.22. The van der Waals surface area contributed by atoms with E-state index in [1.165, 1.54) is 22.2 Å². The van der Waals surface area contributed by atoms with Gasteiger partial charge in [-0.15, -0.1) is 11.3 Å². The van der Waals surface area contributed by atoms with Crippen molar-refractivity contribution in [3.63, 3.8) is 0 Å². The Morgan fingerprint density at radius 1 is 1.40 bits per heavy atom. The number of nitrogens with one attached hydrogen (secondary N) is 1. The van der Waals surface area contributed by atoms with Gasteiger partial charge in [-0.2, -0.15) is 0 Å². The van der Waals surface area contributed by atoms with E-state index in [9.17, 15) is 0 Å². The molecule has 0 saturated heterocycles. The molecular formula is C12H20BrNS. The maximum atomic E-state index is 3.60. The van der Waals surface area contributed by atoms with Gasteiger partial charge in [-0.1, -0.05) is 26.7 Å². The Hall–Kier alpha value is 0.140. The molecule has 0 aromatic carbocycles. The topological polar surface area (TPSA) is 12.0 Å². The van der Waals surface area contributed by atoms with E-state index in [0.717, 1.165) is 12.5 Å². The maximum Gasteiger partial charge on any atom is 0.0302 e. The summed E-state index contributed by atoms with van der Waals surface area (Å²) in [5, 5.41) is 5.74. The van der Waals surface area contributed by atoms with Crippen LogP contribution in [-0.4, -0.2) is 6.04 Å². The summed E-state index contributed by atoms with van der Waals surface area (Å²) in [6.45, 7) is 7.83. The Balaban J connectivity index is 2.36. The zero-order valence-electron chi connectivity index (χ0n) is 9.72. The smallest absolute Gasteiger partial charge is 0.0302 e. The molecule has 1 aromatic rings. The first kappa shape index (κ1) is 13.2. The molecule has 1 unspecified atom stereocenters. The predicted molar refractivity (Wildman–Crippen MR) is 72.4 cm³/mol. The second-order valence-corrected chi connectivity index (χ2v) is 5.89. The average Bonchev–Trinajstić information content (AvgIpc) is 2.63. The number of halogens is 1.